The first-order chi connectivity index (χ1) is 9.17. The molecule has 0 aliphatic heterocycles. The van der Waals surface area contributed by atoms with E-state index in [4.69, 9.17) is 28.9 Å². The molecule has 1 fully saturated rings. The van der Waals surface area contributed by atoms with Crippen molar-refractivity contribution in [3.05, 3.63) is 27.7 Å². The molecule has 0 amide bonds. The van der Waals surface area contributed by atoms with E-state index in [9.17, 15) is 8.42 Å². The molecule has 2 rings (SSSR count). The van der Waals surface area contributed by atoms with E-state index in [1.165, 1.54) is 6.07 Å². The number of rotatable bonds is 5. The first-order valence-corrected chi connectivity index (χ1v) is 8.59. The summed E-state index contributed by atoms with van der Waals surface area (Å²) >= 11 is 12.0. The number of nitrogens with two attached hydrogens (primary N) is 1. The molecule has 1 atom stereocenters. The molecule has 1 aromatic rings. The zero-order valence-corrected chi connectivity index (χ0v) is 13.7. The van der Waals surface area contributed by atoms with Crippen molar-refractivity contribution >= 4 is 33.2 Å². The van der Waals surface area contributed by atoms with Crippen LogP contribution in [0.25, 0.3) is 0 Å². The largest absolute Gasteiger partial charge is 0.326 e. The van der Waals surface area contributed by atoms with E-state index < -0.39 is 10.0 Å². The molecule has 1 aromatic carbocycles. The van der Waals surface area contributed by atoms with Gasteiger partial charge >= 0.3 is 0 Å². The highest BCUT2D eigenvalue weighted by Gasteiger charge is 2.45. The molecule has 7 heteroatoms. The molecule has 112 valence electrons. The molecule has 1 unspecified atom stereocenters. The highest BCUT2D eigenvalue weighted by Crippen LogP contribution is 2.51. The van der Waals surface area contributed by atoms with Crippen LogP contribution in [0.15, 0.2) is 17.0 Å². The SMILES string of the molecule is CC1(C)CC1CNS(=O)(=O)c1cc(Cl)cc(CN)c1Cl. The van der Waals surface area contributed by atoms with E-state index in [0.29, 0.717) is 23.0 Å². The minimum atomic E-state index is -3.67. The molecule has 0 aromatic heterocycles. The fraction of sp³-hybridized carbons (Fsp3) is 0.538. The van der Waals surface area contributed by atoms with Gasteiger partial charge in [0.1, 0.15) is 4.90 Å². The van der Waals surface area contributed by atoms with Gasteiger partial charge in [-0.15, -0.1) is 0 Å². The third-order valence-electron chi connectivity index (χ3n) is 3.83. The molecule has 1 aliphatic carbocycles. The minimum absolute atomic E-state index is 0.00873. The van der Waals surface area contributed by atoms with Gasteiger partial charge in [0.25, 0.3) is 0 Å². The highest BCUT2D eigenvalue weighted by molar-refractivity contribution is 7.89. The van der Waals surface area contributed by atoms with E-state index in [2.05, 4.69) is 18.6 Å². The zero-order valence-electron chi connectivity index (χ0n) is 11.4. The van der Waals surface area contributed by atoms with Crippen molar-refractivity contribution in [2.45, 2.75) is 31.7 Å². The van der Waals surface area contributed by atoms with E-state index in [-0.39, 0.29) is 21.9 Å². The zero-order chi connectivity index (χ0) is 15.1. The summed E-state index contributed by atoms with van der Waals surface area (Å²) in [5.41, 5.74) is 6.27. The average Bonchev–Trinajstić information content (AvgIpc) is 2.97. The molecule has 0 saturated heterocycles. The van der Waals surface area contributed by atoms with Crippen LogP contribution in [0.2, 0.25) is 10.0 Å². The van der Waals surface area contributed by atoms with Crippen LogP contribution in [0.3, 0.4) is 0 Å². The Morgan fingerprint density at radius 3 is 2.50 bits per heavy atom. The van der Waals surface area contributed by atoms with Crippen molar-refractivity contribution < 1.29 is 8.42 Å². The van der Waals surface area contributed by atoms with Crippen LogP contribution in [-0.4, -0.2) is 15.0 Å². The third-order valence-corrected chi connectivity index (χ3v) is 6.05. The first kappa shape index (κ1) is 16.0. The summed E-state index contributed by atoms with van der Waals surface area (Å²) in [5.74, 6) is 0.365. The molecular weight excluding hydrogens is 319 g/mol. The van der Waals surface area contributed by atoms with Gasteiger partial charge < -0.3 is 5.73 Å². The number of hydrogen-bond donors (Lipinski definition) is 2. The average molecular weight is 337 g/mol. The Bertz CT molecular complexity index is 630. The number of sulfonamides is 1. The standard InChI is InChI=1S/C13H18Cl2N2O2S/c1-13(2)5-9(13)7-17-20(18,19)11-4-10(14)3-8(6-16)12(11)15/h3-4,9,17H,5-7,16H2,1-2H3. The van der Waals surface area contributed by atoms with Crippen molar-refractivity contribution in [3.63, 3.8) is 0 Å². The van der Waals surface area contributed by atoms with Crippen molar-refractivity contribution in [2.75, 3.05) is 6.54 Å². The molecule has 0 bridgehead atoms. The lowest BCUT2D eigenvalue weighted by Gasteiger charge is -2.12. The van der Waals surface area contributed by atoms with Crippen LogP contribution in [0.4, 0.5) is 0 Å². The van der Waals surface area contributed by atoms with Crippen LogP contribution >= 0.6 is 23.2 Å². The fourth-order valence-corrected chi connectivity index (χ4v) is 4.20. The molecule has 0 radical (unpaired) electrons. The summed E-state index contributed by atoms with van der Waals surface area (Å²) in [5, 5.41) is 0.446. The van der Waals surface area contributed by atoms with Gasteiger partial charge in [-0.3, -0.25) is 0 Å². The van der Waals surface area contributed by atoms with Gasteiger partial charge in [-0.05, 0) is 35.4 Å². The molecule has 3 N–H and O–H groups in total. The maximum atomic E-state index is 12.3. The number of nitrogens with one attached hydrogen (secondary N) is 1. The topological polar surface area (TPSA) is 72.2 Å². The lowest BCUT2D eigenvalue weighted by Crippen LogP contribution is -2.27. The Labute approximate surface area is 129 Å². The second-order valence-electron chi connectivity index (χ2n) is 5.82. The summed E-state index contributed by atoms with van der Waals surface area (Å²) < 4.78 is 27.2. The normalized spacial score (nSPS) is 20.9. The lowest BCUT2D eigenvalue weighted by atomic mass is 10.1. The summed E-state index contributed by atoms with van der Waals surface area (Å²) in [7, 11) is -3.67. The quantitative estimate of drug-likeness (QED) is 0.868. The van der Waals surface area contributed by atoms with Crippen molar-refractivity contribution in [3.8, 4) is 0 Å². The van der Waals surface area contributed by atoms with Crippen LogP contribution in [-0.2, 0) is 16.6 Å². The molecule has 1 aliphatic rings. The predicted octanol–water partition coefficient (Wildman–Crippen LogP) is 2.78. The van der Waals surface area contributed by atoms with Crippen LogP contribution in [0.5, 0.6) is 0 Å². The van der Waals surface area contributed by atoms with Gasteiger partial charge in [-0.25, -0.2) is 13.1 Å². The maximum absolute atomic E-state index is 12.3. The maximum Gasteiger partial charge on any atom is 0.242 e. The van der Waals surface area contributed by atoms with Gasteiger partial charge in [0.2, 0.25) is 10.0 Å². The summed E-state index contributed by atoms with van der Waals surface area (Å²) in [6.45, 7) is 4.78. The van der Waals surface area contributed by atoms with Gasteiger partial charge in [0.05, 0.1) is 5.02 Å². The Hall–Kier alpha value is -0.330. The van der Waals surface area contributed by atoms with Crippen molar-refractivity contribution in [2.24, 2.45) is 17.1 Å². The van der Waals surface area contributed by atoms with Crippen molar-refractivity contribution in [1.29, 1.82) is 0 Å². The van der Waals surface area contributed by atoms with E-state index in [0.717, 1.165) is 6.42 Å². The van der Waals surface area contributed by atoms with Gasteiger partial charge in [0.15, 0.2) is 0 Å². The van der Waals surface area contributed by atoms with Crippen LogP contribution in [0.1, 0.15) is 25.8 Å². The van der Waals surface area contributed by atoms with Crippen LogP contribution in [0, 0.1) is 11.3 Å². The number of halogens is 2. The van der Waals surface area contributed by atoms with Gasteiger partial charge in [-0.1, -0.05) is 37.0 Å². The molecule has 1 saturated carbocycles. The summed E-state index contributed by atoms with van der Waals surface area (Å²) in [4.78, 5) is -0.00873. The highest BCUT2D eigenvalue weighted by atomic mass is 35.5. The molecule has 20 heavy (non-hydrogen) atoms. The van der Waals surface area contributed by atoms with E-state index in [1.807, 2.05) is 0 Å². The van der Waals surface area contributed by atoms with Crippen molar-refractivity contribution in [1.82, 2.24) is 4.72 Å². The molecule has 0 spiro atoms. The lowest BCUT2D eigenvalue weighted by molar-refractivity contribution is 0.537. The molecular formula is C13H18Cl2N2O2S. The first-order valence-electron chi connectivity index (χ1n) is 6.35. The third kappa shape index (κ3) is 3.28. The Kier molecular flexibility index (Phi) is 4.38. The van der Waals surface area contributed by atoms with E-state index in [1.54, 1.807) is 6.07 Å². The second kappa shape index (κ2) is 5.46. The summed E-state index contributed by atoms with van der Waals surface area (Å²) in [6, 6.07) is 2.93. The van der Waals surface area contributed by atoms with Gasteiger partial charge in [0, 0.05) is 18.1 Å². The number of hydrogen-bond acceptors (Lipinski definition) is 3. The predicted molar refractivity (Wildman–Crippen MR) is 81.4 cm³/mol. The minimum Gasteiger partial charge on any atom is -0.326 e. The van der Waals surface area contributed by atoms with E-state index >= 15 is 0 Å². The molecule has 0 heterocycles. The number of benzene rings is 1. The summed E-state index contributed by atoms with van der Waals surface area (Å²) in [6.07, 6.45) is 1.02. The monoisotopic (exact) mass is 336 g/mol. The Morgan fingerprint density at radius 1 is 1.40 bits per heavy atom. The van der Waals surface area contributed by atoms with Gasteiger partial charge in [-0.2, -0.15) is 0 Å². The fourth-order valence-electron chi connectivity index (χ4n) is 2.18. The Morgan fingerprint density at radius 2 is 2.00 bits per heavy atom. The Balaban J connectivity index is 2.23. The second-order valence-corrected chi connectivity index (χ2v) is 8.37. The smallest absolute Gasteiger partial charge is 0.242 e. The molecule has 4 nitrogen and oxygen atoms in total. The van der Waals surface area contributed by atoms with Crippen LogP contribution < -0.4 is 10.5 Å².